The second-order valence-corrected chi connectivity index (χ2v) is 7.96. The Kier molecular flexibility index (Phi) is 4.35. The average molecular weight is 391 g/mol. The standard InChI is InChI=1S/C12H11BrN2O4S2/c1-6-3-8(13)4-7(2)9(6)15-21(18,19)12-10(11(16)17)14-5-20-12/h3-5,15H,1-2H3,(H,16,17). The van der Waals surface area contributed by atoms with Crippen LogP contribution in [0.25, 0.3) is 0 Å². The molecule has 0 saturated carbocycles. The highest BCUT2D eigenvalue weighted by Gasteiger charge is 2.26. The molecule has 2 N–H and O–H groups in total. The van der Waals surface area contributed by atoms with E-state index >= 15 is 0 Å². The number of nitrogens with zero attached hydrogens (tertiary/aromatic N) is 1. The Morgan fingerprint density at radius 2 is 1.90 bits per heavy atom. The number of hydrogen-bond donors (Lipinski definition) is 2. The fourth-order valence-corrected chi connectivity index (χ4v) is 4.85. The molecule has 0 saturated heterocycles. The van der Waals surface area contributed by atoms with Crippen LogP contribution in [0.3, 0.4) is 0 Å². The minimum Gasteiger partial charge on any atom is -0.476 e. The number of aromatic nitrogens is 1. The third-order valence-corrected chi connectivity index (χ3v) is 5.89. The molecule has 1 aromatic heterocycles. The lowest BCUT2D eigenvalue weighted by Crippen LogP contribution is -2.16. The summed E-state index contributed by atoms with van der Waals surface area (Å²) in [5, 5.41) is 8.98. The van der Waals surface area contributed by atoms with E-state index in [2.05, 4.69) is 25.6 Å². The van der Waals surface area contributed by atoms with Crippen molar-refractivity contribution in [3.63, 3.8) is 0 Å². The number of carbonyl (C=O) groups is 1. The minimum absolute atomic E-state index is 0.309. The van der Waals surface area contributed by atoms with Gasteiger partial charge < -0.3 is 5.11 Å². The number of sulfonamides is 1. The van der Waals surface area contributed by atoms with Crippen LogP contribution in [-0.2, 0) is 10.0 Å². The Labute approximate surface area is 134 Å². The van der Waals surface area contributed by atoms with Crippen LogP contribution in [-0.4, -0.2) is 24.5 Å². The molecule has 112 valence electrons. The second-order valence-electron chi connectivity index (χ2n) is 4.31. The second kappa shape index (κ2) is 5.74. The van der Waals surface area contributed by atoms with Crippen LogP contribution >= 0.6 is 27.3 Å². The van der Waals surface area contributed by atoms with Crippen LogP contribution in [0.2, 0.25) is 0 Å². The number of aryl methyl sites for hydroxylation is 2. The van der Waals surface area contributed by atoms with Gasteiger partial charge in [-0.1, -0.05) is 15.9 Å². The SMILES string of the molecule is Cc1cc(Br)cc(C)c1NS(=O)(=O)c1scnc1C(=O)O. The largest absolute Gasteiger partial charge is 0.476 e. The van der Waals surface area contributed by atoms with Crippen molar-refractivity contribution < 1.29 is 18.3 Å². The third kappa shape index (κ3) is 3.25. The summed E-state index contributed by atoms with van der Waals surface area (Å²) in [5.74, 6) is -1.37. The molecule has 0 radical (unpaired) electrons. The summed E-state index contributed by atoms with van der Waals surface area (Å²) >= 11 is 4.10. The molecule has 2 aromatic rings. The lowest BCUT2D eigenvalue weighted by molar-refractivity contribution is 0.0687. The molecular weight excluding hydrogens is 380 g/mol. The van der Waals surface area contributed by atoms with Gasteiger partial charge in [0, 0.05) is 4.47 Å². The van der Waals surface area contributed by atoms with E-state index < -0.39 is 21.7 Å². The maximum Gasteiger partial charge on any atom is 0.356 e. The molecule has 0 aliphatic rings. The van der Waals surface area contributed by atoms with Gasteiger partial charge >= 0.3 is 5.97 Å². The number of halogens is 1. The molecule has 0 unspecified atom stereocenters. The van der Waals surface area contributed by atoms with Gasteiger partial charge in [0.1, 0.15) is 0 Å². The van der Waals surface area contributed by atoms with E-state index in [-0.39, 0.29) is 4.21 Å². The Balaban J connectivity index is 2.48. The fourth-order valence-electron chi connectivity index (χ4n) is 1.82. The van der Waals surface area contributed by atoms with Crippen molar-refractivity contribution >= 4 is 48.9 Å². The van der Waals surface area contributed by atoms with Crippen LogP contribution < -0.4 is 4.72 Å². The first-order valence-corrected chi connectivity index (χ1v) is 8.84. The molecule has 0 fully saturated rings. The van der Waals surface area contributed by atoms with Gasteiger partial charge in [-0.05, 0) is 37.1 Å². The zero-order chi connectivity index (χ0) is 15.8. The summed E-state index contributed by atoms with van der Waals surface area (Å²) in [6.07, 6.45) is 0. The van der Waals surface area contributed by atoms with E-state index in [1.807, 2.05) is 0 Å². The van der Waals surface area contributed by atoms with Gasteiger partial charge in [0.25, 0.3) is 10.0 Å². The lowest BCUT2D eigenvalue weighted by Gasteiger charge is -2.13. The van der Waals surface area contributed by atoms with Crippen molar-refractivity contribution in [2.45, 2.75) is 18.1 Å². The quantitative estimate of drug-likeness (QED) is 0.835. The van der Waals surface area contributed by atoms with Crippen LogP contribution in [0.1, 0.15) is 21.6 Å². The molecule has 0 spiro atoms. The topological polar surface area (TPSA) is 96.4 Å². The number of hydrogen-bond acceptors (Lipinski definition) is 5. The van der Waals surface area contributed by atoms with Crippen molar-refractivity contribution in [3.05, 3.63) is 38.9 Å². The highest BCUT2D eigenvalue weighted by molar-refractivity contribution is 9.10. The summed E-state index contributed by atoms with van der Waals surface area (Å²) in [5.41, 5.74) is 2.61. The van der Waals surface area contributed by atoms with Gasteiger partial charge in [0.05, 0.1) is 11.2 Å². The summed E-state index contributed by atoms with van der Waals surface area (Å²) in [7, 11) is -3.99. The van der Waals surface area contributed by atoms with Gasteiger partial charge in [-0.3, -0.25) is 4.72 Å². The van der Waals surface area contributed by atoms with Crippen LogP contribution in [0.15, 0.2) is 26.3 Å². The molecule has 0 atom stereocenters. The highest BCUT2D eigenvalue weighted by atomic mass is 79.9. The zero-order valence-corrected chi connectivity index (χ0v) is 14.3. The van der Waals surface area contributed by atoms with Crippen LogP contribution in [0, 0.1) is 13.8 Å². The number of carboxylic acid groups (broad SMARTS) is 1. The molecular formula is C12H11BrN2O4S2. The number of benzene rings is 1. The predicted octanol–water partition coefficient (Wildman–Crippen LogP) is 3.02. The molecule has 2 rings (SSSR count). The lowest BCUT2D eigenvalue weighted by atomic mass is 10.1. The smallest absolute Gasteiger partial charge is 0.356 e. The Hall–Kier alpha value is -1.45. The minimum atomic E-state index is -3.99. The summed E-state index contributed by atoms with van der Waals surface area (Å²) in [6, 6.07) is 3.55. The van der Waals surface area contributed by atoms with Crippen molar-refractivity contribution in [1.82, 2.24) is 4.98 Å². The monoisotopic (exact) mass is 390 g/mol. The maximum absolute atomic E-state index is 12.4. The number of thiazole rings is 1. The van der Waals surface area contributed by atoms with Gasteiger partial charge in [0.15, 0.2) is 9.90 Å². The molecule has 1 aromatic carbocycles. The number of rotatable bonds is 4. The molecule has 0 aliphatic carbocycles. The first kappa shape index (κ1) is 15.9. The zero-order valence-electron chi connectivity index (χ0n) is 11.0. The van der Waals surface area contributed by atoms with Gasteiger partial charge in [-0.2, -0.15) is 0 Å². The van der Waals surface area contributed by atoms with E-state index in [1.54, 1.807) is 26.0 Å². The maximum atomic E-state index is 12.4. The van der Waals surface area contributed by atoms with Gasteiger partial charge in [0.2, 0.25) is 0 Å². The normalized spacial score (nSPS) is 11.4. The van der Waals surface area contributed by atoms with Crippen LogP contribution in [0.5, 0.6) is 0 Å². The van der Waals surface area contributed by atoms with Crippen molar-refractivity contribution in [1.29, 1.82) is 0 Å². The molecule has 0 amide bonds. The Morgan fingerprint density at radius 1 is 1.33 bits per heavy atom. The molecule has 6 nitrogen and oxygen atoms in total. The van der Waals surface area contributed by atoms with E-state index in [4.69, 9.17) is 5.11 Å². The molecule has 1 heterocycles. The van der Waals surface area contributed by atoms with Crippen molar-refractivity contribution in [2.75, 3.05) is 4.72 Å². The predicted molar refractivity (Wildman–Crippen MR) is 83.5 cm³/mol. The Bertz CT molecular complexity index is 791. The van der Waals surface area contributed by atoms with Crippen molar-refractivity contribution in [3.8, 4) is 0 Å². The third-order valence-electron chi connectivity index (χ3n) is 2.72. The van der Waals surface area contributed by atoms with Gasteiger partial charge in [-0.25, -0.2) is 18.2 Å². The fraction of sp³-hybridized carbons (Fsp3) is 0.167. The number of aromatic carboxylic acids is 1. The highest BCUT2D eigenvalue weighted by Crippen LogP contribution is 2.29. The molecule has 9 heteroatoms. The summed E-state index contributed by atoms with van der Waals surface area (Å²) in [6.45, 7) is 3.53. The van der Waals surface area contributed by atoms with Crippen LogP contribution in [0.4, 0.5) is 5.69 Å². The number of carboxylic acids is 1. The van der Waals surface area contributed by atoms with E-state index in [0.29, 0.717) is 5.69 Å². The van der Waals surface area contributed by atoms with E-state index in [9.17, 15) is 13.2 Å². The Morgan fingerprint density at radius 3 is 2.43 bits per heavy atom. The summed E-state index contributed by atoms with van der Waals surface area (Å²) < 4.78 is 27.7. The average Bonchev–Trinajstić information content (AvgIpc) is 2.83. The number of anilines is 1. The van der Waals surface area contributed by atoms with E-state index in [1.165, 1.54) is 5.51 Å². The van der Waals surface area contributed by atoms with E-state index in [0.717, 1.165) is 26.9 Å². The first-order valence-electron chi connectivity index (χ1n) is 5.68. The molecule has 0 aliphatic heterocycles. The van der Waals surface area contributed by atoms with Crippen molar-refractivity contribution in [2.24, 2.45) is 0 Å². The first-order chi connectivity index (χ1) is 9.72. The number of nitrogens with one attached hydrogen (secondary N) is 1. The molecule has 21 heavy (non-hydrogen) atoms. The molecule has 0 bridgehead atoms. The van der Waals surface area contributed by atoms with Gasteiger partial charge in [-0.15, -0.1) is 11.3 Å². The summed E-state index contributed by atoms with van der Waals surface area (Å²) in [4.78, 5) is 14.6.